The summed E-state index contributed by atoms with van der Waals surface area (Å²) in [7, 11) is 0. The fourth-order valence-electron chi connectivity index (χ4n) is 3.24. The van der Waals surface area contributed by atoms with E-state index in [1.807, 2.05) is 52.0 Å². The Labute approximate surface area is 143 Å². The van der Waals surface area contributed by atoms with Gasteiger partial charge in [0, 0.05) is 6.54 Å². The number of carbonyl (C=O) groups excluding carboxylic acids is 1. The van der Waals surface area contributed by atoms with Crippen molar-refractivity contribution in [2.24, 2.45) is 0 Å². The first kappa shape index (κ1) is 18.3. The monoisotopic (exact) mass is 333 g/mol. The van der Waals surface area contributed by atoms with Crippen molar-refractivity contribution in [2.75, 3.05) is 6.54 Å². The normalized spacial score (nSPS) is 19.7. The highest BCUT2D eigenvalue weighted by atomic mass is 16.6. The van der Waals surface area contributed by atoms with Gasteiger partial charge in [-0.1, -0.05) is 29.8 Å². The Balaban J connectivity index is 2.32. The Morgan fingerprint density at radius 3 is 2.58 bits per heavy atom. The maximum absolute atomic E-state index is 12.6. The molecule has 5 heteroatoms. The van der Waals surface area contributed by atoms with E-state index in [-0.39, 0.29) is 6.04 Å². The molecule has 0 aromatic heterocycles. The fraction of sp³-hybridized carbons (Fsp3) is 0.579. The minimum Gasteiger partial charge on any atom is -0.481 e. The lowest BCUT2D eigenvalue weighted by Gasteiger charge is -2.39. The first-order valence-corrected chi connectivity index (χ1v) is 8.48. The zero-order chi connectivity index (χ0) is 17.9. The molecular formula is C19H27NO4. The molecule has 1 heterocycles. The number of aliphatic carboxylic acids is 1. The standard InChI is InChI=1S/C19H27NO4/c1-13-8-7-9-14(12-13)16(17(21)22)15-10-5-6-11-20(15)18(23)24-19(2,3)4/h7-9,12,15-16H,5-6,10-11H2,1-4H3,(H,21,22). The second kappa shape index (κ2) is 7.24. The van der Waals surface area contributed by atoms with Gasteiger partial charge in [0.05, 0.1) is 6.04 Å². The second-order valence-electron chi connectivity index (χ2n) is 7.47. The van der Waals surface area contributed by atoms with E-state index in [1.54, 1.807) is 4.90 Å². The van der Waals surface area contributed by atoms with Crippen LogP contribution in [0.5, 0.6) is 0 Å². The molecule has 0 bridgehead atoms. The molecule has 0 aliphatic carbocycles. The van der Waals surface area contributed by atoms with E-state index in [2.05, 4.69) is 0 Å². The van der Waals surface area contributed by atoms with Crippen LogP contribution in [0.4, 0.5) is 4.79 Å². The molecule has 1 aromatic carbocycles. The number of likely N-dealkylation sites (tertiary alicyclic amines) is 1. The summed E-state index contributed by atoms with van der Waals surface area (Å²) in [5.74, 6) is -1.64. The number of carboxylic acids is 1. The van der Waals surface area contributed by atoms with E-state index in [0.29, 0.717) is 13.0 Å². The van der Waals surface area contributed by atoms with Gasteiger partial charge in [-0.2, -0.15) is 0 Å². The number of aryl methyl sites for hydroxylation is 1. The number of hydrogen-bond acceptors (Lipinski definition) is 3. The maximum Gasteiger partial charge on any atom is 0.410 e. The zero-order valence-corrected chi connectivity index (χ0v) is 14.9. The van der Waals surface area contributed by atoms with Crippen molar-refractivity contribution in [3.05, 3.63) is 35.4 Å². The second-order valence-corrected chi connectivity index (χ2v) is 7.47. The van der Waals surface area contributed by atoms with Crippen LogP contribution in [-0.2, 0) is 9.53 Å². The smallest absolute Gasteiger partial charge is 0.410 e. The Morgan fingerprint density at radius 2 is 2.00 bits per heavy atom. The van der Waals surface area contributed by atoms with E-state index in [4.69, 9.17) is 4.74 Å². The van der Waals surface area contributed by atoms with Crippen LogP contribution in [-0.4, -0.2) is 40.3 Å². The molecule has 1 N–H and O–H groups in total. The minimum absolute atomic E-state index is 0.382. The molecule has 1 fully saturated rings. The van der Waals surface area contributed by atoms with Gasteiger partial charge in [-0.05, 0) is 52.5 Å². The number of rotatable bonds is 3. The third-order valence-electron chi connectivity index (χ3n) is 4.23. The third-order valence-corrected chi connectivity index (χ3v) is 4.23. The Hall–Kier alpha value is -2.04. The summed E-state index contributed by atoms with van der Waals surface area (Å²) in [5.41, 5.74) is 1.16. The van der Waals surface area contributed by atoms with Gasteiger partial charge >= 0.3 is 12.1 Å². The largest absolute Gasteiger partial charge is 0.481 e. The highest BCUT2D eigenvalue weighted by molar-refractivity contribution is 5.79. The van der Waals surface area contributed by atoms with Gasteiger partial charge < -0.3 is 14.7 Å². The van der Waals surface area contributed by atoms with E-state index < -0.39 is 23.6 Å². The average Bonchev–Trinajstić information content (AvgIpc) is 2.46. The number of amides is 1. The lowest BCUT2D eigenvalue weighted by atomic mass is 9.85. The highest BCUT2D eigenvalue weighted by Crippen LogP contribution is 2.32. The molecule has 1 aliphatic rings. The van der Waals surface area contributed by atoms with Crippen LogP contribution < -0.4 is 0 Å². The van der Waals surface area contributed by atoms with E-state index in [9.17, 15) is 14.7 Å². The van der Waals surface area contributed by atoms with Gasteiger partial charge in [-0.3, -0.25) is 4.79 Å². The summed E-state index contributed by atoms with van der Waals surface area (Å²) in [4.78, 5) is 26.2. The minimum atomic E-state index is -0.902. The van der Waals surface area contributed by atoms with Crippen LogP contribution in [0.1, 0.15) is 57.1 Å². The van der Waals surface area contributed by atoms with Crippen LogP contribution in [0.3, 0.4) is 0 Å². The van der Waals surface area contributed by atoms with Gasteiger partial charge in [0.25, 0.3) is 0 Å². The number of ether oxygens (including phenoxy) is 1. The first-order valence-electron chi connectivity index (χ1n) is 8.48. The predicted octanol–water partition coefficient (Wildman–Crippen LogP) is 3.95. The summed E-state index contributed by atoms with van der Waals surface area (Å²) in [6.07, 6.45) is 2.03. The number of benzene rings is 1. The van der Waals surface area contributed by atoms with Crippen molar-refractivity contribution >= 4 is 12.1 Å². The maximum atomic E-state index is 12.6. The topological polar surface area (TPSA) is 66.8 Å². The summed E-state index contributed by atoms with van der Waals surface area (Å²) in [6, 6.07) is 7.14. The number of nitrogens with zero attached hydrogens (tertiary/aromatic N) is 1. The van der Waals surface area contributed by atoms with Crippen molar-refractivity contribution in [1.29, 1.82) is 0 Å². The molecule has 2 unspecified atom stereocenters. The molecular weight excluding hydrogens is 306 g/mol. The molecule has 0 radical (unpaired) electrons. The van der Waals surface area contributed by atoms with Crippen molar-refractivity contribution in [2.45, 2.75) is 64.5 Å². The SMILES string of the molecule is Cc1cccc(C(C(=O)O)C2CCCCN2C(=O)OC(C)(C)C)c1. The first-order chi connectivity index (χ1) is 11.2. The molecule has 1 aromatic rings. The van der Waals surface area contributed by atoms with Gasteiger partial charge in [0.1, 0.15) is 11.5 Å². The molecule has 2 atom stereocenters. The van der Waals surface area contributed by atoms with Crippen LogP contribution >= 0.6 is 0 Å². The quantitative estimate of drug-likeness (QED) is 0.909. The Morgan fingerprint density at radius 1 is 1.29 bits per heavy atom. The zero-order valence-electron chi connectivity index (χ0n) is 14.9. The number of piperidine rings is 1. The van der Waals surface area contributed by atoms with Gasteiger partial charge in [0.2, 0.25) is 0 Å². The summed E-state index contributed by atoms with van der Waals surface area (Å²) < 4.78 is 5.49. The van der Waals surface area contributed by atoms with E-state index in [1.165, 1.54) is 0 Å². The van der Waals surface area contributed by atoms with Crippen LogP contribution in [0.25, 0.3) is 0 Å². The lowest BCUT2D eigenvalue weighted by molar-refractivity contribution is -0.140. The molecule has 5 nitrogen and oxygen atoms in total. The van der Waals surface area contributed by atoms with Crippen molar-refractivity contribution in [1.82, 2.24) is 4.90 Å². The third kappa shape index (κ3) is 4.49. The Bertz CT molecular complexity index is 606. The summed E-state index contributed by atoms with van der Waals surface area (Å²) in [5, 5.41) is 9.82. The van der Waals surface area contributed by atoms with E-state index >= 15 is 0 Å². The molecule has 24 heavy (non-hydrogen) atoms. The fourth-order valence-corrected chi connectivity index (χ4v) is 3.24. The number of carbonyl (C=O) groups is 2. The molecule has 1 amide bonds. The predicted molar refractivity (Wildman–Crippen MR) is 92.1 cm³/mol. The van der Waals surface area contributed by atoms with Crippen LogP contribution in [0.2, 0.25) is 0 Å². The molecule has 132 valence electrons. The molecule has 1 saturated heterocycles. The van der Waals surface area contributed by atoms with Gasteiger partial charge in [0.15, 0.2) is 0 Å². The molecule has 1 aliphatic heterocycles. The lowest BCUT2D eigenvalue weighted by Crippen LogP contribution is -2.50. The average molecular weight is 333 g/mol. The van der Waals surface area contributed by atoms with Crippen molar-refractivity contribution in [3.8, 4) is 0 Å². The van der Waals surface area contributed by atoms with E-state index in [0.717, 1.165) is 24.0 Å². The molecule has 0 spiro atoms. The van der Waals surface area contributed by atoms with Crippen LogP contribution in [0.15, 0.2) is 24.3 Å². The summed E-state index contributed by atoms with van der Waals surface area (Å²) >= 11 is 0. The molecule has 0 saturated carbocycles. The number of hydrogen-bond donors (Lipinski definition) is 1. The summed E-state index contributed by atoms with van der Waals surface area (Å²) in [6.45, 7) is 7.93. The number of carboxylic acid groups (broad SMARTS) is 1. The highest BCUT2D eigenvalue weighted by Gasteiger charge is 2.39. The van der Waals surface area contributed by atoms with Gasteiger partial charge in [-0.15, -0.1) is 0 Å². The molecule has 2 rings (SSSR count). The van der Waals surface area contributed by atoms with Crippen molar-refractivity contribution in [3.63, 3.8) is 0 Å². The van der Waals surface area contributed by atoms with Gasteiger partial charge in [-0.25, -0.2) is 4.79 Å². The van der Waals surface area contributed by atoms with Crippen molar-refractivity contribution < 1.29 is 19.4 Å². The Kier molecular flexibility index (Phi) is 5.52. The van der Waals surface area contributed by atoms with Crippen LogP contribution in [0, 0.1) is 6.92 Å².